The quantitative estimate of drug-likeness (QED) is 0.798. The van der Waals surface area contributed by atoms with Gasteiger partial charge in [0.25, 0.3) is 0 Å². The Bertz CT molecular complexity index is 542. The van der Waals surface area contributed by atoms with Crippen LogP contribution in [0.4, 0.5) is 5.82 Å². The van der Waals surface area contributed by atoms with Crippen molar-refractivity contribution in [3.63, 3.8) is 0 Å². The zero-order valence-electron chi connectivity index (χ0n) is 11.2. The third-order valence-corrected chi connectivity index (χ3v) is 4.97. The molecule has 0 atom stereocenters. The fourth-order valence-corrected chi connectivity index (χ4v) is 3.95. The van der Waals surface area contributed by atoms with Crippen LogP contribution in [0.25, 0.3) is 4.96 Å². The number of aromatic nitrogens is 2. The zero-order chi connectivity index (χ0) is 13.2. The second kappa shape index (κ2) is 5.81. The molecule has 2 aromatic heterocycles. The molecule has 0 saturated carbocycles. The van der Waals surface area contributed by atoms with Gasteiger partial charge in [0, 0.05) is 43.1 Å². The summed E-state index contributed by atoms with van der Waals surface area (Å²) in [6, 6.07) is 0. The van der Waals surface area contributed by atoms with Crippen molar-refractivity contribution in [2.75, 3.05) is 37.6 Å². The van der Waals surface area contributed by atoms with Crippen LogP contribution >= 0.6 is 27.3 Å². The predicted molar refractivity (Wildman–Crippen MR) is 84.6 cm³/mol. The van der Waals surface area contributed by atoms with E-state index in [0.717, 1.165) is 36.5 Å². The van der Waals surface area contributed by atoms with Crippen LogP contribution in [0, 0.1) is 0 Å². The molecule has 2 aromatic rings. The number of fused-ring (bicyclic) bond motifs is 1. The molecule has 0 aromatic carbocycles. The van der Waals surface area contributed by atoms with Crippen LogP contribution in [0.3, 0.4) is 0 Å². The lowest BCUT2D eigenvalue weighted by atomic mass is 10.3. The maximum absolute atomic E-state index is 4.80. The minimum absolute atomic E-state index is 0.857. The molecule has 104 valence electrons. The molecule has 0 amide bonds. The lowest BCUT2D eigenvalue weighted by Crippen LogP contribution is -2.47. The molecule has 1 fully saturated rings. The lowest BCUT2D eigenvalue weighted by Gasteiger charge is -2.35. The number of alkyl halides is 1. The molecular formula is C13H19BrN4S. The molecule has 6 heteroatoms. The van der Waals surface area contributed by atoms with Crippen LogP contribution in [-0.2, 0) is 5.33 Å². The molecule has 0 radical (unpaired) electrons. The van der Waals surface area contributed by atoms with Crippen molar-refractivity contribution in [1.82, 2.24) is 14.3 Å². The largest absolute Gasteiger partial charge is 0.352 e. The first-order valence-corrected chi connectivity index (χ1v) is 8.81. The van der Waals surface area contributed by atoms with Gasteiger partial charge in [0.1, 0.15) is 0 Å². The minimum atomic E-state index is 0.857. The van der Waals surface area contributed by atoms with Crippen molar-refractivity contribution < 1.29 is 0 Å². The van der Waals surface area contributed by atoms with Crippen LogP contribution in [0.2, 0.25) is 0 Å². The Morgan fingerprint density at radius 1 is 1.32 bits per heavy atom. The Kier molecular flexibility index (Phi) is 4.10. The highest BCUT2D eigenvalue weighted by Gasteiger charge is 2.22. The molecule has 0 bridgehead atoms. The topological polar surface area (TPSA) is 23.8 Å². The third-order valence-electron chi connectivity index (χ3n) is 3.68. The van der Waals surface area contributed by atoms with E-state index in [1.165, 1.54) is 24.5 Å². The summed E-state index contributed by atoms with van der Waals surface area (Å²) < 4.78 is 2.20. The summed E-state index contributed by atoms with van der Waals surface area (Å²) >= 11 is 5.31. The second-order valence-electron chi connectivity index (χ2n) is 4.90. The monoisotopic (exact) mass is 342 g/mol. The first kappa shape index (κ1) is 13.4. The van der Waals surface area contributed by atoms with E-state index in [0.29, 0.717) is 0 Å². The van der Waals surface area contributed by atoms with Crippen LogP contribution in [0.1, 0.15) is 19.0 Å². The fraction of sp³-hybridized carbons (Fsp3) is 0.615. The predicted octanol–water partition coefficient (Wildman–Crippen LogP) is 2.82. The first-order valence-electron chi connectivity index (χ1n) is 6.81. The smallest absolute Gasteiger partial charge is 0.195 e. The number of nitrogens with zero attached hydrogens (tertiary/aromatic N) is 4. The number of thiazole rings is 1. The summed E-state index contributed by atoms with van der Waals surface area (Å²) in [6.45, 7) is 7.95. The number of halogens is 1. The summed E-state index contributed by atoms with van der Waals surface area (Å²) in [5, 5.41) is 2.95. The zero-order valence-corrected chi connectivity index (χ0v) is 13.6. The van der Waals surface area contributed by atoms with E-state index in [1.807, 2.05) is 0 Å². The molecule has 0 N–H and O–H groups in total. The summed E-state index contributed by atoms with van der Waals surface area (Å²) in [6.07, 6.45) is 3.35. The standard InChI is InChI=1S/C13H19BrN4S/c1-2-3-16-4-6-17(7-5-16)12-11(10-14)18-8-9-19-13(18)15-12/h8-9H,2-7,10H2,1H3. The molecule has 19 heavy (non-hydrogen) atoms. The highest BCUT2D eigenvalue weighted by molar-refractivity contribution is 9.08. The number of hydrogen-bond donors (Lipinski definition) is 0. The fourth-order valence-electron chi connectivity index (χ4n) is 2.70. The van der Waals surface area contributed by atoms with E-state index in [2.05, 4.69) is 48.6 Å². The van der Waals surface area contributed by atoms with Crippen LogP contribution in [0.5, 0.6) is 0 Å². The number of imidazole rings is 1. The van der Waals surface area contributed by atoms with Crippen molar-refractivity contribution in [2.45, 2.75) is 18.7 Å². The summed E-state index contributed by atoms with van der Waals surface area (Å²) in [5.41, 5.74) is 1.28. The van der Waals surface area contributed by atoms with Crippen LogP contribution < -0.4 is 4.90 Å². The average molecular weight is 343 g/mol. The van der Waals surface area contributed by atoms with Crippen LogP contribution in [-0.4, -0.2) is 47.0 Å². The van der Waals surface area contributed by atoms with Gasteiger partial charge in [0.05, 0.1) is 5.69 Å². The maximum atomic E-state index is 4.80. The normalized spacial score (nSPS) is 17.5. The van der Waals surface area contributed by atoms with Gasteiger partial charge in [-0.05, 0) is 13.0 Å². The minimum Gasteiger partial charge on any atom is -0.352 e. The number of hydrogen-bond acceptors (Lipinski definition) is 4. The molecule has 0 aliphatic carbocycles. The summed E-state index contributed by atoms with van der Waals surface area (Å²) in [5.74, 6) is 1.17. The van der Waals surface area contributed by atoms with E-state index >= 15 is 0 Å². The Balaban J connectivity index is 1.79. The Morgan fingerprint density at radius 3 is 2.79 bits per heavy atom. The van der Waals surface area contributed by atoms with Gasteiger partial charge in [-0.3, -0.25) is 9.30 Å². The Morgan fingerprint density at radius 2 is 2.11 bits per heavy atom. The van der Waals surface area contributed by atoms with E-state index in [9.17, 15) is 0 Å². The highest BCUT2D eigenvalue weighted by atomic mass is 79.9. The summed E-state index contributed by atoms with van der Waals surface area (Å²) in [4.78, 5) is 10.9. The van der Waals surface area contributed by atoms with Gasteiger partial charge >= 0.3 is 0 Å². The van der Waals surface area contributed by atoms with E-state index < -0.39 is 0 Å². The van der Waals surface area contributed by atoms with Gasteiger partial charge in [-0.15, -0.1) is 11.3 Å². The maximum Gasteiger partial charge on any atom is 0.195 e. The molecule has 0 unspecified atom stereocenters. The Hall–Kier alpha value is -0.590. The molecule has 3 heterocycles. The average Bonchev–Trinajstić information content (AvgIpc) is 3.00. The van der Waals surface area contributed by atoms with Crippen molar-refractivity contribution >= 4 is 38.0 Å². The van der Waals surface area contributed by atoms with E-state index in [1.54, 1.807) is 11.3 Å². The van der Waals surface area contributed by atoms with Crippen molar-refractivity contribution in [2.24, 2.45) is 0 Å². The molecule has 1 saturated heterocycles. The highest BCUT2D eigenvalue weighted by Crippen LogP contribution is 2.27. The molecular weight excluding hydrogens is 324 g/mol. The number of anilines is 1. The molecule has 3 rings (SSSR count). The summed E-state index contributed by atoms with van der Waals surface area (Å²) in [7, 11) is 0. The molecule has 1 aliphatic heterocycles. The molecule has 1 aliphatic rings. The molecule has 0 spiro atoms. The van der Waals surface area contributed by atoms with Gasteiger partial charge in [0.2, 0.25) is 0 Å². The van der Waals surface area contributed by atoms with Crippen LogP contribution in [0.15, 0.2) is 11.6 Å². The van der Waals surface area contributed by atoms with Gasteiger partial charge in [0.15, 0.2) is 10.8 Å². The van der Waals surface area contributed by atoms with Crippen molar-refractivity contribution in [1.29, 1.82) is 0 Å². The van der Waals surface area contributed by atoms with Crippen molar-refractivity contribution in [3.8, 4) is 0 Å². The van der Waals surface area contributed by atoms with Gasteiger partial charge in [-0.25, -0.2) is 4.98 Å². The Labute approximate surface area is 126 Å². The van der Waals surface area contributed by atoms with Crippen molar-refractivity contribution in [3.05, 3.63) is 17.3 Å². The SMILES string of the molecule is CCCN1CCN(c2nc3sccn3c2CBr)CC1. The van der Waals surface area contributed by atoms with Gasteiger partial charge in [-0.2, -0.15) is 0 Å². The number of piperazine rings is 1. The molecule has 4 nitrogen and oxygen atoms in total. The number of rotatable bonds is 4. The van der Waals surface area contributed by atoms with Gasteiger partial charge in [-0.1, -0.05) is 22.9 Å². The first-order chi connectivity index (χ1) is 9.33. The van der Waals surface area contributed by atoms with E-state index in [-0.39, 0.29) is 0 Å². The second-order valence-corrected chi connectivity index (χ2v) is 6.33. The van der Waals surface area contributed by atoms with E-state index in [4.69, 9.17) is 4.98 Å². The third kappa shape index (κ3) is 2.53. The lowest BCUT2D eigenvalue weighted by molar-refractivity contribution is 0.258. The van der Waals surface area contributed by atoms with Gasteiger partial charge < -0.3 is 4.90 Å².